The van der Waals surface area contributed by atoms with E-state index in [1.165, 1.54) is 18.2 Å². The lowest BCUT2D eigenvalue weighted by molar-refractivity contribution is 0.109. The van der Waals surface area contributed by atoms with Crippen molar-refractivity contribution >= 4 is 10.0 Å². The first-order valence-electron chi connectivity index (χ1n) is 6.93. The molecular weight excluding hydrogens is 309 g/mol. The van der Waals surface area contributed by atoms with Gasteiger partial charge in [0.1, 0.15) is 5.82 Å². The van der Waals surface area contributed by atoms with Gasteiger partial charge in [-0.25, -0.2) is 17.5 Å². The molecule has 1 N–H and O–H groups in total. The fourth-order valence-electron chi connectivity index (χ4n) is 2.41. The molecule has 0 aliphatic carbocycles. The van der Waals surface area contributed by atoms with E-state index in [-0.39, 0.29) is 11.4 Å². The number of halogens is 1. The van der Waals surface area contributed by atoms with E-state index in [2.05, 4.69) is 9.82 Å². The number of ether oxygens (including phenoxy) is 1. The van der Waals surface area contributed by atoms with Crippen LogP contribution in [0.4, 0.5) is 4.39 Å². The molecule has 0 amide bonds. The number of nitrogens with one attached hydrogen (secondary N) is 1. The Morgan fingerprint density at radius 2 is 2.27 bits per heavy atom. The number of hydrogen-bond acceptors (Lipinski definition) is 4. The Hall–Kier alpha value is -1.77. The lowest BCUT2D eigenvalue weighted by Crippen LogP contribution is -2.28. The Labute approximate surface area is 128 Å². The summed E-state index contributed by atoms with van der Waals surface area (Å²) >= 11 is 0. The Balaban J connectivity index is 1.64. The van der Waals surface area contributed by atoms with Crippen LogP contribution in [0.3, 0.4) is 0 Å². The fraction of sp³-hybridized carbons (Fsp3) is 0.357. The predicted octanol–water partition coefficient (Wildman–Crippen LogP) is 1.07. The zero-order valence-electron chi connectivity index (χ0n) is 11.8. The Bertz CT molecular complexity index is 773. The van der Waals surface area contributed by atoms with Gasteiger partial charge in [-0.2, -0.15) is 5.10 Å². The number of nitrogens with zero attached hydrogens (tertiary/aromatic N) is 2. The average molecular weight is 325 g/mol. The summed E-state index contributed by atoms with van der Waals surface area (Å²) in [6.07, 6.45) is 2.52. The van der Waals surface area contributed by atoms with Crippen molar-refractivity contribution in [1.29, 1.82) is 0 Å². The molecule has 3 rings (SSSR count). The van der Waals surface area contributed by atoms with E-state index in [1.807, 2.05) is 0 Å². The van der Waals surface area contributed by atoms with Crippen LogP contribution < -0.4 is 4.72 Å². The van der Waals surface area contributed by atoms with Crippen molar-refractivity contribution in [3.8, 4) is 0 Å². The molecule has 1 aliphatic rings. The number of rotatable bonds is 5. The molecular formula is C14H16FN3O3S. The van der Waals surface area contributed by atoms with Crippen molar-refractivity contribution in [3.05, 3.63) is 47.5 Å². The zero-order valence-corrected chi connectivity index (χ0v) is 12.6. The molecule has 6 nitrogen and oxygen atoms in total. The smallest absolute Gasteiger partial charge is 0.240 e. The molecule has 0 fully saturated rings. The second kappa shape index (κ2) is 6.15. The van der Waals surface area contributed by atoms with Gasteiger partial charge >= 0.3 is 0 Å². The van der Waals surface area contributed by atoms with E-state index in [1.54, 1.807) is 10.9 Å². The van der Waals surface area contributed by atoms with Crippen LogP contribution in [0.15, 0.2) is 35.4 Å². The molecule has 1 aliphatic heterocycles. The van der Waals surface area contributed by atoms with E-state index in [9.17, 15) is 12.8 Å². The summed E-state index contributed by atoms with van der Waals surface area (Å²) in [5.41, 5.74) is 2.12. The van der Waals surface area contributed by atoms with Crippen molar-refractivity contribution in [3.63, 3.8) is 0 Å². The van der Waals surface area contributed by atoms with E-state index in [0.717, 1.165) is 23.7 Å². The average Bonchev–Trinajstić information content (AvgIpc) is 2.91. The van der Waals surface area contributed by atoms with Crippen LogP contribution >= 0.6 is 0 Å². The molecule has 0 bridgehead atoms. The fourth-order valence-corrected chi connectivity index (χ4v) is 3.46. The summed E-state index contributed by atoms with van der Waals surface area (Å²) in [5, 5.41) is 4.25. The molecule has 22 heavy (non-hydrogen) atoms. The minimum atomic E-state index is -3.71. The summed E-state index contributed by atoms with van der Waals surface area (Å²) in [7, 11) is -3.71. The van der Waals surface area contributed by atoms with Crippen molar-refractivity contribution < 1.29 is 17.5 Å². The highest BCUT2D eigenvalue weighted by molar-refractivity contribution is 7.89. The molecule has 0 unspecified atom stereocenters. The normalized spacial score (nSPS) is 14.8. The SMILES string of the molecule is O=S(=O)(NCCn1ncc2c1CCOC2)c1cccc(F)c1. The van der Waals surface area contributed by atoms with Crippen LogP contribution in [0.25, 0.3) is 0 Å². The van der Waals surface area contributed by atoms with Gasteiger partial charge in [0.15, 0.2) is 0 Å². The molecule has 2 heterocycles. The van der Waals surface area contributed by atoms with E-state index < -0.39 is 15.8 Å². The van der Waals surface area contributed by atoms with Crippen LogP contribution in [0.1, 0.15) is 11.3 Å². The first-order chi connectivity index (χ1) is 10.6. The highest BCUT2D eigenvalue weighted by atomic mass is 32.2. The third kappa shape index (κ3) is 3.18. The maximum Gasteiger partial charge on any atom is 0.240 e. The lowest BCUT2D eigenvalue weighted by atomic mass is 10.2. The van der Waals surface area contributed by atoms with Gasteiger partial charge in [-0.05, 0) is 18.2 Å². The van der Waals surface area contributed by atoms with Gasteiger partial charge in [0.2, 0.25) is 10.0 Å². The zero-order chi connectivity index (χ0) is 15.6. The second-order valence-corrected chi connectivity index (χ2v) is 6.76. The van der Waals surface area contributed by atoms with Crippen LogP contribution in [0, 0.1) is 5.82 Å². The highest BCUT2D eigenvalue weighted by Gasteiger charge is 2.17. The highest BCUT2D eigenvalue weighted by Crippen LogP contribution is 2.16. The van der Waals surface area contributed by atoms with E-state index >= 15 is 0 Å². The maximum absolute atomic E-state index is 13.1. The summed E-state index contributed by atoms with van der Waals surface area (Å²) in [6, 6.07) is 4.93. The third-order valence-electron chi connectivity index (χ3n) is 3.50. The Kier molecular flexibility index (Phi) is 4.23. The standard InChI is InChI=1S/C14H16FN3O3S/c15-12-2-1-3-13(8-12)22(19,20)17-5-6-18-14-4-7-21-10-11(14)9-16-18/h1-3,8-9,17H,4-7,10H2. The number of aromatic nitrogens is 2. The van der Waals surface area contributed by atoms with Gasteiger partial charge in [0.05, 0.1) is 30.9 Å². The van der Waals surface area contributed by atoms with Crippen LogP contribution in [0.5, 0.6) is 0 Å². The van der Waals surface area contributed by atoms with Crippen LogP contribution in [-0.2, 0) is 34.3 Å². The van der Waals surface area contributed by atoms with Gasteiger partial charge in [-0.3, -0.25) is 4.68 Å². The van der Waals surface area contributed by atoms with E-state index in [4.69, 9.17) is 4.74 Å². The maximum atomic E-state index is 13.1. The number of fused-ring (bicyclic) bond motifs is 1. The molecule has 8 heteroatoms. The van der Waals surface area contributed by atoms with Crippen molar-refractivity contribution in [2.24, 2.45) is 0 Å². The van der Waals surface area contributed by atoms with Gasteiger partial charge in [0.25, 0.3) is 0 Å². The minimum Gasteiger partial charge on any atom is -0.376 e. The molecule has 1 aromatic heterocycles. The van der Waals surface area contributed by atoms with Gasteiger partial charge in [0, 0.05) is 24.2 Å². The van der Waals surface area contributed by atoms with Gasteiger partial charge in [-0.15, -0.1) is 0 Å². The first-order valence-corrected chi connectivity index (χ1v) is 8.41. The minimum absolute atomic E-state index is 0.0802. The summed E-state index contributed by atoms with van der Waals surface area (Å²) < 4.78 is 46.8. The number of benzene rings is 1. The monoisotopic (exact) mass is 325 g/mol. The third-order valence-corrected chi connectivity index (χ3v) is 4.96. The molecule has 0 spiro atoms. The summed E-state index contributed by atoms with van der Waals surface area (Å²) in [5.74, 6) is -0.580. The quantitative estimate of drug-likeness (QED) is 0.892. The number of hydrogen-bond donors (Lipinski definition) is 1. The molecule has 0 saturated carbocycles. The molecule has 2 aromatic rings. The summed E-state index contributed by atoms with van der Waals surface area (Å²) in [6.45, 7) is 1.80. The van der Waals surface area contributed by atoms with E-state index in [0.29, 0.717) is 19.8 Å². The van der Waals surface area contributed by atoms with Gasteiger partial charge in [-0.1, -0.05) is 6.07 Å². The Morgan fingerprint density at radius 3 is 3.09 bits per heavy atom. The van der Waals surface area contributed by atoms with Crippen molar-refractivity contribution in [2.45, 2.75) is 24.5 Å². The van der Waals surface area contributed by atoms with Crippen molar-refractivity contribution in [2.75, 3.05) is 13.2 Å². The molecule has 0 saturated heterocycles. The molecule has 1 aromatic carbocycles. The van der Waals surface area contributed by atoms with Crippen molar-refractivity contribution in [1.82, 2.24) is 14.5 Å². The molecule has 118 valence electrons. The Morgan fingerprint density at radius 1 is 1.41 bits per heavy atom. The van der Waals surface area contributed by atoms with Gasteiger partial charge < -0.3 is 4.74 Å². The van der Waals surface area contributed by atoms with Crippen LogP contribution in [-0.4, -0.2) is 31.3 Å². The molecule has 0 atom stereocenters. The topological polar surface area (TPSA) is 73.2 Å². The molecule has 0 radical (unpaired) electrons. The summed E-state index contributed by atoms with van der Waals surface area (Å²) in [4.78, 5) is -0.0802. The predicted molar refractivity (Wildman–Crippen MR) is 77.2 cm³/mol. The first kappa shape index (κ1) is 15.1. The van der Waals surface area contributed by atoms with Crippen LogP contribution in [0.2, 0.25) is 0 Å². The lowest BCUT2D eigenvalue weighted by Gasteiger charge is -2.15. The number of sulfonamides is 1. The second-order valence-electron chi connectivity index (χ2n) is 5.00. The largest absolute Gasteiger partial charge is 0.376 e.